The van der Waals surface area contributed by atoms with E-state index < -0.39 is 0 Å². The minimum Gasteiger partial charge on any atom is -0.482 e. The van der Waals surface area contributed by atoms with E-state index in [1.807, 2.05) is 18.2 Å². The maximum absolute atomic E-state index is 11.5. The van der Waals surface area contributed by atoms with Crippen molar-refractivity contribution in [1.29, 1.82) is 0 Å². The molecule has 1 aliphatic heterocycles. The number of hydrogen-bond acceptors (Lipinski definition) is 4. The Balaban J connectivity index is 1.24. The van der Waals surface area contributed by atoms with Gasteiger partial charge >= 0.3 is 5.97 Å². The lowest BCUT2D eigenvalue weighted by atomic mass is 9.99. The monoisotopic (exact) mass is 432 g/mol. The van der Waals surface area contributed by atoms with Crippen LogP contribution in [0, 0.1) is 0 Å². The molecule has 5 nitrogen and oxygen atoms in total. The molecule has 2 aromatic carbocycles. The van der Waals surface area contributed by atoms with E-state index in [1.165, 1.54) is 28.5 Å². The van der Waals surface area contributed by atoms with Crippen molar-refractivity contribution in [1.82, 2.24) is 9.88 Å². The van der Waals surface area contributed by atoms with Gasteiger partial charge in [0, 0.05) is 30.2 Å². The van der Waals surface area contributed by atoms with Crippen molar-refractivity contribution in [3.8, 4) is 5.75 Å². The van der Waals surface area contributed by atoms with E-state index in [0.717, 1.165) is 44.4 Å². The summed E-state index contributed by atoms with van der Waals surface area (Å²) in [4.78, 5) is 17.4. The van der Waals surface area contributed by atoms with Crippen molar-refractivity contribution in [3.05, 3.63) is 71.9 Å². The van der Waals surface area contributed by atoms with E-state index in [0.29, 0.717) is 12.4 Å². The molecule has 5 heteroatoms. The maximum Gasteiger partial charge on any atom is 0.344 e. The number of aryl methyl sites for hydroxylation is 1. The van der Waals surface area contributed by atoms with E-state index >= 15 is 0 Å². The third-order valence-corrected chi connectivity index (χ3v) is 6.01. The number of esters is 1. The number of carbonyl (C=O) groups is 1. The number of benzene rings is 2. The number of aromatic nitrogens is 1. The van der Waals surface area contributed by atoms with Gasteiger partial charge in [0.1, 0.15) is 5.75 Å². The maximum atomic E-state index is 11.5. The van der Waals surface area contributed by atoms with Crippen LogP contribution in [0.2, 0.25) is 0 Å². The number of rotatable bonds is 10. The van der Waals surface area contributed by atoms with Crippen LogP contribution < -0.4 is 4.74 Å². The molecule has 0 saturated carbocycles. The Morgan fingerprint density at radius 2 is 2.00 bits per heavy atom. The van der Waals surface area contributed by atoms with E-state index in [9.17, 15) is 4.79 Å². The molecular weight excluding hydrogens is 400 g/mol. The molecule has 1 N–H and O–H groups in total. The number of fused-ring (bicyclic) bond motifs is 1. The largest absolute Gasteiger partial charge is 0.482 e. The molecule has 0 amide bonds. The van der Waals surface area contributed by atoms with Crippen LogP contribution >= 0.6 is 0 Å². The Kier molecular flexibility index (Phi) is 7.62. The second-order valence-electron chi connectivity index (χ2n) is 8.22. The molecule has 32 heavy (non-hydrogen) atoms. The minimum atomic E-state index is -0.342. The van der Waals surface area contributed by atoms with Gasteiger partial charge in [0.05, 0.1) is 6.61 Å². The van der Waals surface area contributed by atoms with E-state index in [2.05, 4.69) is 52.5 Å². The molecule has 0 aliphatic carbocycles. The van der Waals surface area contributed by atoms with Gasteiger partial charge in [-0.2, -0.15) is 0 Å². The lowest BCUT2D eigenvalue weighted by Crippen LogP contribution is -2.29. The van der Waals surface area contributed by atoms with Crippen LogP contribution in [0.1, 0.15) is 37.3 Å². The molecule has 1 aliphatic rings. The van der Waals surface area contributed by atoms with Gasteiger partial charge in [0.15, 0.2) is 6.61 Å². The number of carbonyl (C=O) groups excluding carboxylic acids is 1. The number of unbranched alkanes of at least 4 members (excludes halogenated alkanes) is 1. The van der Waals surface area contributed by atoms with Gasteiger partial charge in [0.2, 0.25) is 0 Å². The number of ether oxygens (including phenoxy) is 2. The summed E-state index contributed by atoms with van der Waals surface area (Å²) in [5.74, 6) is 0.353. The second kappa shape index (κ2) is 11.0. The lowest BCUT2D eigenvalue weighted by molar-refractivity contribution is -0.145. The molecule has 1 aromatic heterocycles. The van der Waals surface area contributed by atoms with Crippen LogP contribution in [0.15, 0.2) is 60.8 Å². The highest BCUT2D eigenvalue weighted by Gasteiger charge is 2.13. The van der Waals surface area contributed by atoms with Crippen LogP contribution in [-0.4, -0.2) is 48.7 Å². The first-order valence-electron chi connectivity index (χ1n) is 11.6. The van der Waals surface area contributed by atoms with Crippen molar-refractivity contribution in [3.63, 3.8) is 0 Å². The summed E-state index contributed by atoms with van der Waals surface area (Å²) in [5.41, 5.74) is 5.23. The molecule has 0 atom stereocenters. The van der Waals surface area contributed by atoms with Gasteiger partial charge in [-0.05, 0) is 74.1 Å². The predicted octanol–water partition coefficient (Wildman–Crippen LogP) is 5.22. The number of hydrogen-bond donors (Lipinski definition) is 1. The van der Waals surface area contributed by atoms with Crippen molar-refractivity contribution in [2.24, 2.45) is 0 Å². The minimum absolute atomic E-state index is 0.0601. The fraction of sp³-hybridized carbons (Fsp3) is 0.370. The molecule has 0 unspecified atom stereocenters. The Morgan fingerprint density at radius 3 is 2.78 bits per heavy atom. The van der Waals surface area contributed by atoms with Crippen LogP contribution in [0.5, 0.6) is 5.75 Å². The molecule has 0 saturated heterocycles. The SMILES string of the molecule is CCOC(=O)COc1ccc2[nH]cc(CCCCN3CC=C(c4ccccc4)CC3)c2c1. The fourth-order valence-corrected chi connectivity index (χ4v) is 4.28. The van der Waals surface area contributed by atoms with E-state index in [4.69, 9.17) is 9.47 Å². The quantitative estimate of drug-likeness (QED) is 0.352. The zero-order chi connectivity index (χ0) is 22.2. The average molecular weight is 433 g/mol. The zero-order valence-electron chi connectivity index (χ0n) is 18.8. The number of H-pyrrole nitrogens is 1. The molecule has 2 heterocycles. The van der Waals surface area contributed by atoms with Gasteiger partial charge in [-0.3, -0.25) is 4.90 Å². The molecular formula is C27H32N2O3. The van der Waals surface area contributed by atoms with Crippen LogP contribution in [0.3, 0.4) is 0 Å². The average Bonchev–Trinajstić information content (AvgIpc) is 3.24. The summed E-state index contributed by atoms with van der Waals surface area (Å²) in [5, 5.41) is 1.17. The third-order valence-electron chi connectivity index (χ3n) is 6.01. The summed E-state index contributed by atoms with van der Waals surface area (Å²) in [7, 11) is 0. The number of nitrogens with zero attached hydrogens (tertiary/aromatic N) is 1. The standard InChI is InChI=1S/C27H32N2O3/c1-2-31-27(30)20-32-24-11-12-26-25(18-24)23(19-28-26)10-6-7-15-29-16-13-22(14-17-29)21-8-4-3-5-9-21/h3-5,8-9,11-13,18-19,28H,2,6-7,10,14-17,20H2,1H3. The summed E-state index contributed by atoms with van der Waals surface area (Å²) >= 11 is 0. The highest BCUT2D eigenvalue weighted by Crippen LogP contribution is 2.26. The first-order valence-corrected chi connectivity index (χ1v) is 11.6. The van der Waals surface area contributed by atoms with Gasteiger partial charge in [0.25, 0.3) is 0 Å². The summed E-state index contributed by atoms with van der Waals surface area (Å²) in [6, 6.07) is 16.6. The molecule has 168 valence electrons. The van der Waals surface area contributed by atoms with Crippen molar-refractivity contribution in [2.75, 3.05) is 32.8 Å². The predicted molar refractivity (Wildman–Crippen MR) is 129 cm³/mol. The molecule has 0 spiro atoms. The van der Waals surface area contributed by atoms with Crippen LogP contribution in [0.4, 0.5) is 0 Å². The van der Waals surface area contributed by atoms with E-state index in [1.54, 1.807) is 6.92 Å². The fourth-order valence-electron chi connectivity index (χ4n) is 4.28. The van der Waals surface area contributed by atoms with Crippen molar-refractivity contribution < 1.29 is 14.3 Å². The molecule has 4 rings (SSSR count). The number of aromatic amines is 1. The van der Waals surface area contributed by atoms with Crippen LogP contribution in [-0.2, 0) is 16.0 Å². The molecule has 0 bridgehead atoms. The van der Waals surface area contributed by atoms with Gasteiger partial charge < -0.3 is 14.5 Å². The summed E-state index contributed by atoms with van der Waals surface area (Å²) < 4.78 is 10.5. The third kappa shape index (κ3) is 5.80. The highest BCUT2D eigenvalue weighted by molar-refractivity contribution is 5.84. The van der Waals surface area contributed by atoms with Crippen molar-refractivity contribution >= 4 is 22.4 Å². The highest BCUT2D eigenvalue weighted by atomic mass is 16.6. The Bertz CT molecular complexity index is 1060. The normalized spacial score (nSPS) is 14.3. The Labute approximate surface area is 190 Å². The Hall–Kier alpha value is -3.05. The summed E-state index contributed by atoms with van der Waals surface area (Å²) in [6.45, 7) is 5.41. The van der Waals surface area contributed by atoms with E-state index in [-0.39, 0.29) is 12.6 Å². The smallest absolute Gasteiger partial charge is 0.344 e. The lowest BCUT2D eigenvalue weighted by Gasteiger charge is -2.26. The topological polar surface area (TPSA) is 54.6 Å². The van der Waals surface area contributed by atoms with Gasteiger partial charge in [-0.25, -0.2) is 4.79 Å². The molecule has 3 aromatic rings. The second-order valence-corrected chi connectivity index (χ2v) is 8.22. The summed E-state index contributed by atoms with van der Waals surface area (Å²) in [6.07, 6.45) is 8.96. The molecule has 0 radical (unpaired) electrons. The number of nitrogens with one attached hydrogen (secondary N) is 1. The first-order chi connectivity index (χ1) is 15.7. The van der Waals surface area contributed by atoms with Crippen LogP contribution in [0.25, 0.3) is 16.5 Å². The molecule has 0 fully saturated rings. The van der Waals surface area contributed by atoms with Gasteiger partial charge in [-0.15, -0.1) is 0 Å². The van der Waals surface area contributed by atoms with Gasteiger partial charge in [-0.1, -0.05) is 36.4 Å². The Morgan fingerprint density at radius 1 is 1.12 bits per heavy atom. The zero-order valence-corrected chi connectivity index (χ0v) is 18.8. The van der Waals surface area contributed by atoms with Crippen molar-refractivity contribution in [2.45, 2.75) is 32.6 Å². The first kappa shape index (κ1) is 22.2.